The van der Waals surface area contributed by atoms with Gasteiger partial charge in [-0.3, -0.25) is 19.3 Å². The van der Waals surface area contributed by atoms with Crippen LogP contribution >= 0.6 is 0 Å². The number of carbonyl (C=O) groups is 3. The van der Waals surface area contributed by atoms with Crippen molar-refractivity contribution < 1.29 is 34.8 Å². The molecule has 0 bridgehead atoms. The molecule has 1 amide bonds. The summed E-state index contributed by atoms with van der Waals surface area (Å²) >= 11 is 0. The van der Waals surface area contributed by atoms with Gasteiger partial charge in [0.2, 0.25) is 5.78 Å². The lowest BCUT2D eigenvalue weighted by Gasteiger charge is -2.51. The lowest BCUT2D eigenvalue weighted by atomic mass is 9.56. The fraction of sp³-hybridized carbons (Fsp3) is 0.348. The third-order valence-corrected chi connectivity index (χ3v) is 7.29. The minimum Gasteiger partial charge on any atom is -0.508 e. The fourth-order valence-corrected chi connectivity index (χ4v) is 5.89. The van der Waals surface area contributed by atoms with Crippen LogP contribution in [0.2, 0.25) is 0 Å². The Kier molecular flexibility index (Phi) is 4.86. The van der Waals surface area contributed by atoms with Gasteiger partial charge in [0.1, 0.15) is 35.5 Å². The molecule has 0 radical (unpaired) electrons. The van der Waals surface area contributed by atoms with Crippen molar-refractivity contribution in [3.63, 3.8) is 0 Å². The number of benzene rings is 1. The van der Waals surface area contributed by atoms with Crippen LogP contribution in [0.25, 0.3) is 5.76 Å². The van der Waals surface area contributed by atoms with Gasteiger partial charge in [0.05, 0.1) is 17.6 Å². The number of likely N-dealkylation sites (N-methyl/N-ethyl adjacent to an activating group) is 1. The van der Waals surface area contributed by atoms with E-state index in [2.05, 4.69) is 10.1 Å². The maximum absolute atomic E-state index is 13.9. The summed E-state index contributed by atoms with van der Waals surface area (Å²) in [6.45, 7) is 0. The minimum atomic E-state index is -2.71. The van der Waals surface area contributed by atoms with Crippen LogP contribution in [0.1, 0.15) is 23.6 Å². The molecule has 1 heterocycles. The Balaban J connectivity index is 1.82. The van der Waals surface area contributed by atoms with Crippen LogP contribution in [0.4, 0.5) is 0 Å². The van der Waals surface area contributed by atoms with E-state index in [1.54, 1.807) is 26.2 Å². The molecular weight excluding hydrogens is 458 g/mol. The van der Waals surface area contributed by atoms with Crippen LogP contribution in [-0.2, 0) is 14.4 Å². The normalized spacial score (nSPS) is 30.3. The first-order valence-corrected chi connectivity index (χ1v) is 10.8. The third kappa shape index (κ3) is 2.83. The highest BCUT2D eigenvalue weighted by molar-refractivity contribution is 6.24. The maximum Gasteiger partial charge on any atom is 0.255 e. The second kappa shape index (κ2) is 7.48. The third-order valence-electron chi connectivity index (χ3n) is 7.29. The Morgan fingerprint density at radius 2 is 1.94 bits per heavy atom. The average molecular weight is 481 g/mol. The number of phenols is 1. The van der Waals surface area contributed by atoms with Crippen LogP contribution in [-0.4, -0.2) is 83.3 Å². The number of ketones is 2. The van der Waals surface area contributed by atoms with Gasteiger partial charge in [-0.1, -0.05) is 12.1 Å². The lowest BCUT2D eigenvalue weighted by Crippen LogP contribution is -2.66. The Bertz CT molecular complexity index is 1350. The van der Waals surface area contributed by atoms with E-state index in [0.29, 0.717) is 5.56 Å². The first-order valence-electron chi connectivity index (χ1n) is 10.8. The summed E-state index contributed by atoms with van der Waals surface area (Å²) in [5.41, 5.74) is 1.94. The molecule has 12 heteroatoms. The summed E-state index contributed by atoms with van der Waals surface area (Å²) in [7, 11) is 3.08. The number of aliphatic hydroxyl groups is 3. The summed E-state index contributed by atoms with van der Waals surface area (Å²) in [5, 5.41) is 48.5. The van der Waals surface area contributed by atoms with Gasteiger partial charge >= 0.3 is 0 Å². The van der Waals surface area contributed by atoms with Gasteiger partial charge in [-0.25, -0.2) is 9.67 Å². The number of hydrogen-bond acceptors (Lipinski definition) is 10. The highest BCUT2D eigenvalue weighted by atomic mass is 16.3. The van der Waals surface area contributed by atoms with E-state index < -0.39 is 64.1 Å². The van der Waals surface area contributed by atoms with E-state index in [0.717, 1.165) is 0 Å². The highest BCUT2D eigenvalue weighted by Crippen LogP contribution is 2.56. The number of Topliss-reactive ketones (excluding diaryl/α,β-unsaturated/α-hetero) is 2. The molecule has 35 heavy (non-hydrogen) atoms. The molecule has 1 saturated carbocycles. The monoisotopic (exact) mass is 481 g/mol. The van der Waals surface area contributed by atoms with E-state index in [-0.39, 0.29) is 23.3 Å². The number of aromatic nitrogens is 3. The van der Waals surface area contributed by atoms with Crippen LogP contribution in [0.3, 0.4) is 0 Å². The predicted octanol–water partition coefficient (Wildman–Crippen LogP) is -0.398. The van der Waals surface area contributed by atoms with E-state index in [1.807, 2.05) is 0 Å². The van der Waals surface area contributed by atoms with E-state index in [9.17, 15) is 34.8 Å². The first-order chi connectivity index (χ1) is 16.5. The standard InChI is InChI=1S/C23H23N5O7/c1-27(2)17-11-6-10-14(20(32)23(11,35)21(33)15(19(17)31)22(24)34)18(30)13-9(4-3-5-12(13)29)16(10)28-8-25-7-26-28/h3-5,7-8,10-11,16-17,29-30,33,35H,6H2,1-2H3,(H2,24,34)/t10-,11-,16-,17-,23-/m0/s1. The number of amides is 1. The fourth-order valence-electron chi connectivity index (χ4n) is 5.89. The van der Waals surface area contributed by atoms with Gasteiger partial charge in [-0.15, -0.1) is 0 Å². The number of aromatic hydroxyl groups is 1. The average Bonchev–Trinajstić information content (AvgIpc) is 3.30. The molecule has 2 aromatic rings. The highest BCUT2D eigenvalue weighted by Gasteiger charge is 2.65. The Morgan fingerprint density at radius 3 is 2.54 bits per heavy atom. The summed E-state index contributed by atoms with van der Waals surface area (Å²) in [6.07, 6.45) is 2.65. The van der Waals surface area contributed by atoms with Crippen LogP contribution in [0, 0.1) is 11.8 Å². The quantitative estimate of drug-likeness (QED) is 0.360. The molecule has 1 aromatic carbocycles. The van der Waals surface area contributed by atoms with Crippen molar-refractivity contribution in [2.24, 2.45) is 17.6 Å². The number of nitrogens with zero attached hydrogens (tertiary/aromatic N) is 4. The molecule has 1 aromatic heterocycles. The van der Waals surface area contributed by atoms with Gasteiger partial charge in [0.25, 0.3) is 5.91 Å². The number of rotatable bonds is 3. The van der Waals surface area contributed by atoms with Gasteiger partial charge < -0.3 is 26.2 Å². The Hall–Kier alpha value is -4.03. The van der Waals surface area contributed by atoms with Crippen molar-refractivity contribution in [3.05, 3.63) is 58.9 Å². The smallest absolute Gasteiger partial charge is 0.255 e. The Labute approximate surface area is 198 Å². The van der Waals surface area contributed by atoms with Crippen LogP contribution < -0.4 is 5.73 Å². The minimum absolute atomic E-state index is 0.0238. The zero-order valence-electron chi connectivity index (χ0n) is 18.8. The largest absolute Gasteiger partial charge is 0.508 e. The first kappa shape index (κ1) is 22.7. The van der Waals surface area contributed by atoms with E-state index >= 15 is 0 Å². The summed E-state index contributed by atoms with van der Waals surface area (Å²) < 4.78 is 1.47. The summed E-state index contributed by atoms with van der Waals surface area (Å²) in [6, 6.07) is 2.67. The van der Waals surface area contributed by atoms with Gasteiger partial charge in [-0.2, -0.15) is 5.10 Å². The maximum atomic E-state index is 13.9. The summed E-state index contributed by atoms with van der Waals surface area (Å²) in [5.74, 6) is -7.21. The van der Waals surface area contributed by atoms with E-state index in [4.69, 9.17) is 5.73 Å². The zero-order chi connectivity index (χ0) is 25.4. The number of fused-ring (bicyclic) bond motifs is 3. The second-order valence-corrected chi connectivity index (χ2v) is 9.23. The molecular formula is C23H23N5O7. The number of carbonyl (C=O) groups excluding carboxylic acids is 3. The molecule has 5 atom stereocenters. The van der Waals surface area contributed by atoms with Gasteiger partial charge in [-0.05, 0) is 32.1 Å². The number of aliphatic hydroxyl groups excluding tert-OH is 2. The molecule has 3 aliphatic carbocycles. The van der Waals surface area contributed by atoms with Crippen molar-refractivity contribution in [1.82, 2.24) is 19.7 Å². The van der Waals surface area contributed by atoms with Crippen molar-refractivity contribution in [1.29, 1.82) is 0 Å². The van der Waals surface area contributed by atoms with Crippen molar-refractivity contribution in [2.45, 2.75) is 24.1 Å². The van der Waals surface area contributed by atoms with Gasteiger partial charge in [0.15, 0.2) is 11.4 Å². The summed E-state index contributed by atoms with van der Waals surface area (Å²) in [4.78, 5) is 44.6. The topological polar surface area (TPSA) is 192 Å². The predicted molar refractivity (Wildman–Crippen MR) is 119 cm³/mol. The molecule has 6 N–H and O–H groups in total. The molecule has 0 unspecified atom stereocenters. The molecule has 182 valence electrons. The molecule has 3 aliphatic rings. The zero-order valence-corrected chi connectivity index (χ0v) is 18.8. The van der Waals surface area contributed by atoms with E-state index in [1.165, 1.54) is 28.3 Å². The molecule has 1 fully saturated rings. The molecule has 12 nitrogen and oxygen atoms in total. The van der Waals surface area contributed by atoms with Crippen molar-refractivity contribution >= 4 is 23.2 Å². The number of hydrogen-bond donors (Lipinski definition) is 5. The second-order valence-electron chi connectivity index (χ2n) is 9.23. The van der Waals surface area contributed by atoms with Crippen LogP contribution in [0.15, 0.2) is 47.8 Å². The van der Waals surface area contributed by atoms with Gasteiger partial charge in [0, 0.05) is 17.4 Å². The SMILES string of the molecule is CN(C)[C@@H]1C(=O)C(C(N)=O)=C(O)[C@@]2(O)C(=O)C3=C(O)c4c(O)cccc4[C@H](n4cncn4)[C@H]3C[C@@H]12. The van der Waals surface area contributed by atoms with Crippen LogP contribution in [0.5, 0.6) is 5.75 Å². The molecule has 5 rings (SSSR count). The van der Waals surface area contributed by atoms with Crippen molar-refractivity contribution in [3.8, 4) is 5.75 Å². The molecule has 0 spiro atoms. The van der Waals surface area contributed by atoms with Crippen molar-refractivity contribution in [2.75, 3.05) is 14.1 Å². The number of phenolic OH excluding ortho intramolecular Hbond substituents is 1. The molecule has 0 aliphatic heterocycles. The number of nitrogens with two attached hydrogens (primary N) is 1. The number of primary amides is 1. The molecule has 0 saturated heterocycles. The Morgan fingerprint density at radius 1 is 1.23 bits per heavy atom. The lowest BCUT2D eigenvalue weighted by molar-refractivity contribution is -0.154.